The number of carbonyl (C=O) groups excluding carboxylic acids is 1. The van der Waals surface area contributed by atoms with Crippen molar-refractivity contribution in [3.05, 3.63) is 77.1 Å². The molecule has 1 N–H and O–H groups in total. The Morgan fingerprint density at radius 3 is 2.55 bits per heavy atom. The van der Waals surface area contributed by atoms with Crippen LogP contribution in [0.4, 0.5) is 18.9 Å². The number of rotatable bonds is 4. The fourth-order valence-corrected chi connectivity index (χ4v) is 3.11. The second kappa shape index (κ2) is 7.92. The molecule has 31 heavy (non-hydrogen) atoms. The first-order valence-electron chi connectivity index (χ1n) is 8.93. The third kappa shape index (κ3) is 4.17. The normalized spacial score (nSPS) is 11.5. The topological polar surface area (TPSA) is 68.5 Å². The third-order valence-electron chi connectivity index (χ3n) is 4.47. The summed E-state index contributed by atoms with van der Waals surface area (Å²) in [4.78, 5) is 17.0. The van der Waals surface area contributed by atoms with E-state index in [2.05, 4.69) is 15.4 Å². The summed E-state index contributed by atoms with van der Waals surface area (Å²) in [6.07, 6.45) is -3.66. The summed E-state index contributed by atoms with van der Waals surface area (Å²) in [5.74, 6) is -0.192. The molecule has 4 aromatic rings. The van der Waals surface area contributed by atoms with Gasteiger partial charge in [-0.05, 0) is 42.5 Å². The van der Waals surface area contributed by atoms with Crippen LogP contribution in [-0.4, -0.2) is 27.6 Å². The van der Waals surface area contributed by atoms with E-state index in [0.717, 1.165) is 12.3 Å². The highest BCUT2D eigenvalue weighted by Crippen LogP contribution is 2.33. The predicted octanol–water partition coefficient (Wildman–Crippen LogP) is 5.33. The average molecular weight is 447 g/mol. The Morgan fingerprint density at radius 2 is 1.87 bits per heavy atom. The number of benzene rings is 2. The van der Waals surface area contributed by atoms with Crippen molar-refractivity contribution in [2.75, 3.05) is 12.4 Å². The number of halogens is 4. The van der Waals surface area contributed by atoms with E-state index in [1.165, 1.54) is 7.11 Å². The number of fused-ring (bicyclic) bond motifs is 1. The molecule has 2 aromatic heterocycles. The van der Waals surface area contributed by atoms with Crippen molar-refractivity contribution >= 4 is 28.8 Å². The smallest absolute Gasteiger partial charge is 0.433 e. The molecule has 0 spiro atoms. The fraction of sp³-hybridized carbons (Fsp3) is 0.0952. The molecular formula is C21H14ClF3N4O2. The van der Waals surface area contributed by atoms with E-state index in [1.807, 2.05) is 0 Å². The number of nitrogens with one attached hydrogen (secondary N) is 1. The lowest BCUT2D eigenvalue weighted by molar-refractivity contribution is -0.142. The van der Waals surface area contributed by atoms with Gasteiger partial charge in [-0.2, -0.15) is 18.3 Å². The number of aromatic nitrogens is 3. The highest BCUT2D eigenvalue weighted by molar-refractivity contribution is 6.30. The Bertz CT molecular complexity index is 1270. The number of nitrogens with zero attached hydrogens (tertiary/aromatic N) is 3. The van der Waals surface area contributed by atoms with Gasteiger partial charge in [-0.25, -0.2) is 9.50 Å². The van der Waals surface area contributed by atoms with E-state index >= 15 is 0 Å². The number of anilines is 1. The van der Waals surface area contributed by atoms with E-state index in [1.54, 1.807) is 48.5 Å². The Kier molecular flexibility index (Phi) is 5.28. The summed E-state index contributed by atoms with van der Waals surface area (Å²) >= 11 is 5.83. The number of amides is 1. The van der Waals surface area contributed by atoms with Crippen LogP contribution >= 0.6 is 11.6 Å². The van der Waals surface area contributed by atoms with Crippen molar-refractivity contribution in [3.63, 3.8) is 0 Å². The summed E-state index contributed by atoms with van der Waals surface area (Å²) in [6, 6.07) is 13.6. The van der Waals surface area contributed by atoms with Gasteiger partial charge in [0.05, 0.1) is 19.0 Å². The number of hydrogen-bond donors (Lipinski definition) is 1. The highest BCUT2D eigenvalue weighted by atomic mass is 35.5. The Hall–Kier alpha value is -3.59. The van der Waals surface area contributed by atoms with Gasteiger partial charge in [0.15, 0.2) is 11.3 Å². The molecule has 4 rings (SSSR count). The standard InChI is InChI=1S/C21H14ClF3N4O2/c1-31-15-4-2-3-12(9-15)17-10-18(21(23,24)25)29-19(28-17)16(11-26-29)20(30)27-14-7-5-13(22)6-8-14/h2-11H,1H3,(H,27,30). The lowest BCUT2D eigenvalue weighted by Gasteiger charge is -2.12. The molecule has 10 heteroatoms. The zero-order valence-electron chi connectivity index (χ0n) is 15.9. The van der Waals surface area contributed by atoms with Crippen molar-refractivity contribution in [2.45, 2.75) is 6.18 Å². The Labute approximate surface area is 179 Å². The van der Waals surface area contributed by atoms with Gasteiger partial charge in [0.25, 0.3) is 5.91 Å². The van der Waals surface area contributed by atoms with Crippen molar-refractivity contribution in [1.29, 1.82) is 0 Å². The number of methoxy groups -OCH3 is 1. The molecular weight excluding hydrogens is 433 g/mol. The van der Waals surface area contributed by atoms with Gasteiger partial charge < -0.3 is 10.1 Å². The minimum atomic E-state index is -4.72. The van der Waals surface area contributed by atoms with E-state index in [-0.39, 0.29) is 16.9 Å². The second-order valence-electron chi connectivity index (χ2n) is 6.51. The van der Waals surface area contributed by atoms with Crippen LogP contribution in [0.1, 0.15) is 16.1 Å². The van der Waals surface area contributed by atoms with Gasteiger partial charge in [-0.1, -0.05) is 23.7 Å². The fourth-order valence-electron chi connectivity index (χ4n) is 2.99. The maximum absolute atomic E-state index is 13.7. The molecule has 0 aliphatic heterocycles. The molecule has 0 saturated heterocycles. The van der Waals surface area contributed by atoms with Crippen LogP contribution in [0.3, 0.4) is 0 Å². The van der Waals surface area contributed by atoms with E-state index in [0.29, 0.717) is 26.5 Å². The summed E-state index contributed by atoms with van der Waals surface area (Å²) in [7, 11) is 1.45. The van der Waals surface area contributed by atoms with Crippen LogP contribution < -0.4 is 10.1 Å². The van der Waals surface area contributed by atoms with Gasteiger partial charge in [0.1, 0.15) is 11.3 Å². The van der Waals surface area contributed by atoms with Crippen LogP contribution in [-0.2, 0) is 6.18 Å². The number of hydrogen-bond acceptors (Lipinski definition) is 4. The van der Waals surface area contributed by atoms with E-state index in [9.17, 15) is 18.0 Å². The monoisotopic (exact) mass is 446 g/mol. The van der Waals surface area contributed by atoms with E-state index in [4.69, 9.17) is 16.3 Å². The predicted molar refractivity (Wildman–Crippen MR) is 109 cm³/mol. The maximum atomic E-state index is 13.7. The molecule has 158 valence electrons. The Morgan fingerprint density at radius 1 is 1.13 bits per heavy atom. The summed E-state index contributed by atoms with van der Waals surface area (Å²) < 4.78 is 46.9. The van der Waals surface area contributed by atoms with Gasteiger partial charge in [-0.3, -0.25) is 4.79 Å². The van der Waals surface area contributed by atoms with Crippen LogP contribution in [0.25, 0.3) is 16.9 Å². The molecule has 6 nitrogen and oxygen atoms in total. The Balaban J connectivity index is 1.84. The van der Waals surface area contributed by atoms with Crippen molar-refractivity contribution in [2.24, 2.45) is 0 Å². The van der Waals surface area contributed by atoms with Crippen molar-refractivity contribution in [3.8, 4) is 17.0 Å². The highest BCUT2D eigenvalue weighted by Gasteiger charge is 2.36. The molecule has 0 aliphatic carbocycles. The summed E-state index contributed by atoms with van der Waals surface area (Å²) in [6.45, 7) is 0. The van der Waals surface area contributed by atoms with Crippen LogP contribution in [0.5, 0.6) is 5.75 Å². The van der Waals surface area contributed by atoms with Gasteiger partial charge in [0, 0.05) is 16.3 Å². The third-order valence-corrected chi connectivity index (χ3v) is 4.73. The van der Waals surface area contributed by atoms with Gasteiger partial charge in [0.2, 0.25) is 0 Å². The lowest BCUT2D eigenvalue weighted by atomic mass is 10.1. The molecule has 0 saturated carbocycles. The quantitative estimate of drug-likeness (QED) is 0.460. The molecule has 1 amide bonds. The molecule has 0 atom stereocenters. The molecule has 0 bridgehead atoms. The summed E-state index contributed by atoms with van der Waals surface area (Å²) in [5.41, 5.74) is -0.531. The van der Waals surface area contributed by atoms with Crippen molar-refractivity contribution < 1.29 is 22.7 Å². The SMILES string of the molecule is COc1cccc(-c2cc(C(F)(F)F)n3ncc(C(=O)Nc4ccc(Cl)cc4)c3n2)c1. The van der Waals surface area contributed by atoms with Crippen LogP contribution in [0.15, 0.2) is 60.8 Å². The number of alkyl halides is 3. The minimum absolute atomic E-state index is 0.0276. The minimum Gasteiger partial charge on any atom is -0.497 e. The number of ether oxygens (including phenoxy) is 1. The molecule has 0 aliphatic rings. The first kappa shape index (κ1) is 20.7. The number of carbonyl (C=O) groups is 1. The van der Waals surface area contributed by atoms with Crippen LogP contribution in [0, 0.1) is 0 Å². The maximum Gasteiger partial charge on any atom is 0.433 e. The van der Waals surface area contributed by atoms with Gasteiger partial charge >= 0.3 is 6.18 Å². The lowest BCUT2D eigenvalue weighted by Crippen LogP contribution is -2.15. The van der Waals surface area contributed by atoms with E-state index < -0.39 is 17.8 Å². The molecule has 0 fully saturated rings. The van der Waals surface area contributed by atoms with Crippen LogP contribution in [0.2, 0.25) is 5.02 Å². The average Bonchev–Trinajstić information content (AvgIpc) is 3.18. The zero-order chi connectivity index (χ0) is 22.2. The first-order valence-corrected chi connectivity index (χ1v) is 9.31. The zero-order valence-corrected chi connectivity index (χ0v) is 16.7. The molecule has 2 aromatic carbocycles. The molecule has 0 unspecified atom stereocenters. The molecule has 0 radical (unpaired) electrons. The first-order chi connectivity index (χ1) is 14.8. The largest absolute Gasteiger partial charge is 0.497 e. The van der Waals surface area contributed by atoms with Crippen molar-refractivity contribution in [1.82, 2.24) is 14.6 Å². The van der Waals surface area contributed by atoms with Gasteiger partial charge in [-0.15, -0.1) is 0 Å². The summed E-state index contributed by atoms with van der Waals surface area (Å²) in [5, 5.41) is 6.85. The molecule has 2 heterocycles. The second-order valence-corrected chi connectivity index (χ2v) is 6.95.